The molecule has 1 aromatic carbocycles. The summed E-state index contributed by atoms with van der Waals surface area (Å²) in [6, 6.07) is 7.32. The zero-order valence-electron chi connectivity index (χ0n) is 12.0. The molecule has 0 heterocycles. The highest BCUT2D eigenvalue weighted by Crippen LogP contribution is 2.30. The summed E-state index contributed by atoms with van der Waals surface area (Å²) >= 11 is 0. The summed E-state index contributed by atoms with van der Waals surface area (Å²) < 4.78 is 10.1. The largest absolute Gasteiger partial charge is 0.464 e. The van der Waals surface area contributed by atoms with Gasteiger partial charge in [-0.3, -0.25) is 0 Å². The van der Waals surface area contributed by atoms with Crippen molar-refractivity contribution in [3.63, 3.8) is 0 Å². The summed E-state index contributed by atoms with van der Waals surface area (Å²) in [6.07, 6.45) is -1.26. The van der Waals surface area contributed by atoms with E-state index in [9.17, 15) is 9.90 Å². The standard InChI is InChI=1S/C15H22O4/c1-5-19-14(17)13(16)11-8-6-7-9-12(11)15(2,3)10-18-4/h6-9,13,16H,5,10H2,1-4H3. The Balaban J connectivity index is 3.12. The van der Waals surface area contributed by atoms with E-state index in [1.54, 1.807) is 26.2 Å². The maximum Gasteiger partial charge on any atom is 0.339 e. The summed E-state index contributed by atoms with van der Waals surface area (Å²) in [5.74, 6) is -0.622. The molecule has 1 atom stereocenters. The zero-order chi connectivity index (χ0) is 14.5. The Hall–Kier alpha value is -1.39. The molecule has 4 nitrogen and oxygen atoms in total. The molecule has 0 fully saturated rings. The maximum absolute atomic E-state index is 11.7. The van der Waals surface area contributed by atoms with E-state index in [1.165, 1.54) is 0 Å². The van der Waals surface area contributed by atoms with Crippen molar-refractivity contribution < 1.29 is 19.4 Å². The lowest BCUT2D eigenvalue weighted by Gasteiger charge is -2.28. The van der Waals surface area contributed by atoms with Crippen molar-refractivity contribution in [2.75, 3.05) is 20.3 Å². The Bertz CT molecular complexity index is 426. The van der Waals surface area contributed by atoms with Crippen LogP contribution in [-0.4, -0.2) is 31.4 Å². The number of rotatable bonds is 6. The number of methoxy groups -OCH3 is 1. The molecule has 4 heteroatoms. The molecule has 106 valence electrons. The van der Waals surface area contributed by atoms with Crippen LogP contribution in [0.15, 0.2) is 24.3 Å². The van der Waals surface area contributed by atoms with Gasteiger partial charge in [-0.25, -0.2) is 4.79 Å². The van der Waals surface area contributed by atoms with Crippen LogP contribution in [0.25, 0.3) is 0 Å². The predicted molar refractivity (Wildman–Crippen MR) is 72.9 cm³/mol. The second-order valence-electron chi connectivity index (χ2n) is 5.06. The fourth-order valence-electron chi connectivity index (χ4n) is 2.14. The van der Waals surface area contributed by atoms with E-state index in [0.29, 0.717) is 12.2 Å². The summed E-state index contributed by atoms with van der Waals surface area (Å²) in [4.78, 5) is 11.7. The topological polar surface area (TPSA) is 55.8 Å². The van der Waals surface area contributed by atoms with Crippen molar-refractivity contribution in [2.45, 2.75) is 32.3 Å². The molecule has 0 aliphatic rings. The Morgan fingerprint density at radius 3 is 2.58 bits per heavy atom. The first-order valence-electron chi connectivity index (χ1n) is 6.37. The molecule has 0 bridgehead atoms. The van der Waals surface area contributed by atoms with Gasteiger partial charge in [0.15, 0.2) is 6.10 Å². The lowest BCUT2D eigenvalue weighted by molar-refractivity contribution is -0.153. The number of aliphatic hydroxyl groups is 1. The summed E-state index contributed by atoms with van der Waals surface area (Å²) in [5.41, 5.74) is 1.17. The summed E-state index contributed by atoms with van der Waals surface area (Å²) in [6.45, 7) is 6.48. The van der Waals surface area contributed by atoms with Crippen LogP contribution in [0, 0.1) is 0 Å². The van der Waals surface area contributed by atoms with Crippen LogP contribution in [0.5, 0.6) is 0 Å². The molecule has 19 heavy (non-hydrogen) atoms. The molecule has 0 saturated heterocycles. The van der Waals surface area contributed by atoms with Crippen LogP contribution < -0.4 is 0 Å². The monoisotopic (exact) mass is 266 g/mol. The van der Waals surface area contributed by atoms with Gasteiger partial charge in [-0.1, -0.05) is 38.1 Å². The third-order valence-corrected chi connectivity index (χ3v) is 3.00. The minimum Gasteiger partial charge on any atom is -0.464 e. The number of aliphatic hydroxyl groups excluding tert-OH is 1. The fourth-order valence-corrected chi connectivity index (χ4v) is 2.14. The second-order valence-corrected chi connectivity index (χ2v) is 5.06. The van der Waals surface area contributed by atoms with Crippen LogP contribution in [0.4, 0.5) is 0 Å². The normalized spacial score (nSPS) is 13.1. The van der Waals surface area contributed by atoms with Gasteiger partial charge in [0, 0.05) is 12.5 Å². The first-order valence-corrected chi connectivity index (χ1v) is 6.37. The molecular formula is C15H22O4. The third kappa shape index (κ3) is 3.78. The first-order chi connectivity index (χ1) is 8.94. The molecule has 0 radical (unpaired) electrons. The number of hydrogen-bond donors (Lipinski definition) is 1. The second kappa shape index (κ2) is 6.68. The van der Waals surface area contributed by atoms with Crippen LogP contribution in [0.2, 0.25) is 0 Å². The molecule has 1 aromatic rings. The number of carbonyl (C=O) groups is 1. The average molecular weight is 266 g/mol. The minimum absolute atomic E-state index is 0.250. The Morgan fingerprint density at radius 1 is 1.37 bits per heavy atom. The van der Waals surface area contributed by atoms with Crippen molar-refractivity contribution in [1.29, 1.82) is 0 Å². The summed E-state index contributed by atoms with van der Waals surface area (Å²) in [7, 11) is 1.63. The Labute approximate surface area is 114 Å². The van der Waals surface area contributed by atoms with Gasteiger partial charge in [-0.05, 0) is 18.1 Å². The van der Waals surface area contributed by atoms with Crippen LogP contribution >= 0.6 is 0 Å². The molecule has 0 aliphatic heterocycles. The van der Waals surface area contributed by atoms with Crippen molar-refractivity contribution in [1.82, 2.24) is 0 Å². The molecule has 0 amide bonds. The quantitative estimate of drug-likeness (QED) is 0.802. The van der Waals surface area contributed by atoms with E-state index in [2.05, 4.69) is 0 Å². The van der Waals surface area contributed by atoms with Crippen molar-refractivity contribution in [3.05, 3.63) is 35.4 Å². The van der Waals surface area contributed by atoms with Crippen molar-refractivity contribution in [3.8, 4) is 0 Å². The van der Waals surface area contributed by atoms with Crippen molar-refractivity contribution >= 4 is 5.97 Å². The Morgan fingerprint density at radius 2 is 2.00 bits per heavy atom. The maximum atomic E-state index is 11.7. The molecular weight excluding hydrogens is 244 g/mol. The number of hydrogen-bond acceptors (Lipinski definition) is 4. The van der Waals surface area contributed by atoms with E-state index in [-0.39, 0.29) is 12.0 Å². The highest BCUT2D eigenvalue weighted by molar-refractivity contribution is 5.77. The van der Waals surface area contributed by atoms with Gasteiger partial charge < -0.3 is 14.6 Å². The highest BCUT2D eigenvalue weighted by Gasteiger charge is 2.29. The highest BCUT2D eigenvalue weighted by atomic mass is 16.5. The van der Waals surface area contributed by atoms with Crippen LogP contribution in [0.1, 0.15) is 38.0 Å². The first kappa shape index (κ1) is 15.7. The van der Waals surface area contributed by atoms with Gasteiger partial charge in [0.2, 0.25) is 0 Å². The molecule has 0 aromatic heterocycles. The van der Waals surface area contributed by atoms with E-state index < -0.39 is 12.1 Å². The lowest BCUT2D eigenvalue weighted by Crippen LogP contribution is -2.27. The smallest absolute Gasteiger partial charge is 0.339 e. The minimum atomic E-state index is -1.26. The number of benzene rings is 1. The number of carbonyl (C=O) groups excluding carboxylic acids is 1. The van der Waals surface area contributed by atoms with Gasteiger partial charge in [0.1, 0.15) is 0 Å². The van der Waals surface area contributed by atoms with Gasteiger partial charge in [-0.15, -0.1) is 0 Å². The number of esters is 1. The Kier molecular flexibility index (Phi) is 5.51. The van der Waals surface area contributed by atoms with Gasteiger partial charge in [0.05, 0.1) is 13.2 Å². The molecule has 1 rings (SSSR count). The van der Waals surface area contributed by atoms with Gasteiger partial charge in [-0.2, -0.15) is 0 Å². The van der Waals surface area contributed by atoms with E-state index in [1.807, 2.05) is 26.0 Å². The van der Waals surface area contributed by atoms with E-state index >= 15 is 0 Å². The number of ether oxygens (including phenoxy) is 2. The van der Waals surface area contributed by atoms with E-state index in [0.717, 1.165) is 5.56 Å². The molecule has 0 spiro atoms. The summed E-state index contributed by atoms with van der Waals surface area (Å²) in [5, 5.41) is 10.1. The molecule has 1 N–H and O–H groups in total. The van der Waals surface area contributed by atoms with Crippen LogP contribution in [0.3, 0.4) is 0 Å². The SMILES string of the molecule is CCOC(=O)C(O)c1ccccc1C(C)(C)COC. The fraction of sp³-hybridized carbons (Fsp3) is 0.533. The average Bonchev–Trinajstić information content (AvgIpc) is 2.38. The predicted octanol–water partition coefficient (Wildman–Crippen LogP) is 2.21. The van der Waals surface area contributed by atoms with Crippen LogP contribution in [-0.2, 0) is 19.7 Å². The van der Waals surface area contributed by atoms with Gasteiger partial charge >= 0.3 is 5.97 Å². The molecule has 0 saturated carbocycles. The lowest BCUT2D eigenvalue weighted by atomic mass is 9.81. The third-order valence-electron chi connectivity index (χ3n) is 3.00. The van der Waals surface area contributed by atoms with E-state index in [4.69, 9.17) is 9.47 Å². The zero-order valence-corrected chi connectivity index (χ0v) is 12.0. The van der Waals surface area contributed by atoms with Crippen molar-refractivity contribution in [2.24, 2.45) is 0 Å². The molecule has 0 aliphatic carbocycles. The van der Waals surface area contributed by atoms with Gasteiger partial charge in [0.25, 0.3) is 0 Å². The molecule has 1 unspecified atom stereocenters.